The van der Waals surface area contributed by atoms with Crippen LogP contribution in [0.15, 0.2) is 70.2 Å². The number of furan rings is 1. The summed E-state index contributed by atoms with van der Waals surface area (Å²) < 4.78 is 16.6. The maximum Gasteiger partial charge on any atom is 0.343 e. The zero-order valence-electron chi connectivity index (χ0n) is 16.7. The highest BCUT2D eigenvalue weighted by Gasteiger charge is 2.32. The van der Waals surface area contributed by atoms with Gasteiger partial charge in [0.25, 0.3) is 5.91 Å². The van der Waals surface area contributed by atoms with Gasteiger partial charge in [0.2, 0.25) is 0 Å². The Balaban J connectivity index is 1.51. The van der Waals surface area contributed by atoms with Crippen molar-refractivity contribution >= 4 is 57.9 Å². The molecule has 0 bridgehead atoms. The molecule has 2 heterocycles. The highest BCUT2D eigenvalue weighted by atomic mass is 35.5. The zero-order valence-corrected chi connectivity index (χ0v) is 19.1. The Morgan fingerprint density at radius 2 is 1.97 bits per heavy atom. The average Bonchev–Trinajstić information content (AvgIpc) is 3.39. The second-order valence-corrected chi connectivity index (χ2v) is 8.77. The van der Waals surface area contributed by atoms with E-state index in [-0.39, 0.29) is 18.2 Å². The van der Waals surface area contributed by atoms with Crippen molar-refractivity contribution in [3.05, 3.63) is 87.7 Å². The van der Waals surface area contributed by atoms with Crippen LogP contribution in [0.4, 0.5) is 0 Å². The number of halogens is 1. The molecule has 0 N–H and O–H groups in total. The van der Waals surface area contributed by atoms with Gasteiger partial charge in [0, 0.05) is 5.02 Å². The number of hydrogen-bond acceptors (Lipinski definition) is 7. The fourth-order valence-electron chi connectivity index (χ4n) is 2.95. The maximum atomic E-state index is 12.8. The molecule has 0 aliphatic carbocycles. The molecule has 1 saturated heterocycles. The van der Waals surface area contributed by atoms with Crippen molar-refractivity contribution < 1.29 is 23.5 Å². The third kappa shape index (κ3) is 4.88. The Morgan fingerprint density at radius 3 is 2.66 bits per heavy atom. The lowest BCUT2D eigenvalue weighted by atomic mass is 10.1. The number of carbonyl (C=O) groups excluding carboxylic acids is 2. The number of ether oxygens (including phenoxy) is 2. The summed E-state index contributed by atoms with van der Waals surface area (Å²) in [6.45, 7) is 0.276. The molecule has 4 rings (SSSR count). The van der Waals surface area contributed by atoms with Gasteiger partial charge in [-0.2, -0.15) is 0 Å². The number of thioether (sulfide) groups is 1. The average molecular weight is 486 g/mol. The Morgan fingerprint density at radius 1 is 1.19 bits per heavy atom. The highest BCUT2D eigenvalue weighted by molar-refractivity contribution is 8.26. The van der Waals surface area contributed by atoms with Gasteiger partial charge >= 0.3 is 5.97 Å². The predicted molar refractivity (Wildman–Crippen MR) is 127 cm³/mol. The van der Waals surface area contributed by atoms with E-state index < -0.39 is 5.97 Å². The SMILES string of the molecule is COc1cc(C=C2SC(=S)N(Cc3ccco3)C2=O)ccc1OC(=O)c1ccc(Cl)cc1. The Kier molecular flexibility index (Phi) is 6.64. The normalized spacial score (nSPS) is 14.8. The Bertz CT molecular complexity index is 1210. The number of benzene rings is 2. The molecule has 1 aromatic heterocycles. The lowest BCUT2D eigenvalue weighted by Crippen LogP contribution is -2.27. The molecule has 1 aliphatic heterocycles. The van der Waals surface area contributed by atoms with Gasteiger partial charge in [0.1, 0.15) is 10.1 Å². The number of rotatable bonds is 6. The third-order valence-electron chi connectivity index (χ3n) is 4.54. The number of carbonyl (C=O) groups is 2. The number of esters is 1. The van der Waals surface area contributed by atoms with Gasteiger partial charge in [-0.25, -0.2) is 4.79 Å². The molecule has 0 radical (unpaired) electrons. The summed E-state index contributed by atoms with van der Waals surface area (Å²) >= 11 is 12.4. The number of thiocarbonyl (C=S) groups is 1. The van der Waals surface area contributed by atoms with Crippen LogP contribution in [0.1, 0.15) is 21.7 Å². The van der Waals surface area contributed by atoms with Crippen LogP contribution in [-0.4, -0.2) is 28.2 Å². The maximum absolute atomic E-state index is 12.8. The first-order valence-corrected chi connectivity index (χ1v) is 11.0. The molecule has 0 atom stereocenters. The number of amides is 1. The van der Waals surface area contributed by atoms with E-state index in [0.29, 0.717) is 36.9 Å². The van der Waals surface area contributed by atoms with E-state index in [9.17, 15) is 9.59 Å². The Hall–Kier alpha value is -3.07. The van der Waals surface area contributed by atoms with E-state index in [2.05, 4.69) is 0 Å². The molecule has 1 aliphatic rings. The molecule has 162 valence electrons. The molecule has 1 amide bonds. The quantitative estimate of drug-likeness (QED) is 0.196. The predicted octanol–water partition coefficient (Wildman–Crippen LogP) is 5.56. The second kappa shape index (κ2) is 9.60. The second-order valence-electron chi connectivity index (χ2n) is 6.65. The minimum absolute atomic E-state index is 0.200. The summed E-state index contributed by atoms with van der Waals surface area (Å²) in [4.78, 5) is 27.2. The smallest absolute Gasteiger partial charge is 0.343 e. The van der Waals surface area contributed by atoms with Crippen molar-refractivity contribution in [1.29, 1.82) is 0 Å². The van der Waals surface area contributed by atoms with Gasteiger partial charge < -0.3 is 13.9 Å². The highest BCUT2D eigenvalue weighted by Crippen LogP contribution is 2.35. The van der Waals surface area contributed by atoms with Gasteiger partial charge in [0.05, 0.1) is 30.4 Å². The lowest BCUT2D eigenvalue weighted by Gasteiger charge is -2.12. The van der Waals surface area contributed by atoms with Gasteiger partial charge in [-0.3, -0.25) is 9.69 Å². The Labute approximate surface area is 198 Å². The molecule has 0 spiro atoms. The van der Waals surface area contributed by atoms with Crippen LogP contribution in [0.25, 0.3) is 6.08 Å². The van der Waals surface area contributed by atoms with Crippen molar-refractivity contribution in [1.82, 2.24) is 4.90 Å². The van der Waals surface area contributed by atoms with E-state index >= 15 is 0 Å². The molecule has 2 aromatic carbocycles. The summed E-state index contributed by atoms with van der Waals surface area (Å²) in [5, 5.41) is 0.526. The first-order chi connectivity index (χ1) is 15.4. The van der Waals surface area contributed by atoms with Crippen molar-refractivity contribution in [2.45, 2.75) is 6.54 Å². The monoisotopic (exact) mass is 485 g/mol. The van der Waals surface area contributed by atoms with E-state index in [1.54, 1.807) is 66.9 Å². The van der Waals surface area contributed by atoms with Crippen LogP contribution in [0, 0.1) is 0 Å². The first-order valence-electron chi connectivity index (χ1n) is 9.38. The summed E-state index contributed by atoms with van der Waals surface area (Å²) in [7, 11) is 1.47. The zero-order chi connectivity index (χ0) is 22.7. The fraction of sp³-hybridized carbons (Fsp3) is 0.0870. The molecule has 9 heteroatoms. The van der Waals surface area contributed by atoms with Crippen LogP contribution in [0.2, 0.25) is 5.02 Å². The van der Waals surface area contributed by atoms with Crippen LogP contribution < -0.4 is 9.47 Å². The van der Waals surface area contributed by atoms with E-state index in [0.717, 1.165) is 0 Å². The van der Waals surface area contributed by atoms with Crippen LogP contribution >= 0.6 is 35.6 Å². The summed E-state index contributed by atoms with van der Waals surface area (Å²) in [6.07, 6.45) is 3.27. The molecular weight excluding hydrogens is 470 g/mol. The molecule has 3 aromatic rings. The molecule has 1 fully saturated rings. The third-order valence-corrected chi connectivity index (χ3v) is 6.17. The van der Waals surface area contributed by atoms with Crippen molar-refractivity contribution in [2.24, 2.45) is 0 Å². The minimum atomic E-state index is -0.536. The topological polar surface area (TPSA) is 69.0 Å². The molecule has 0 saturated carbocycles. The van der Waals surface area contributed by atoms with Gasteiger partial charge in [-0.1, -0.05) is 41.6 Å². The van der Waals surface area contributed by atoms with Crippen LogP contribution in [0.3, 0.4) is 0 Å². The standard InChI is InChI=1S/C23H16ClNO5S2/c1-28-19-11-14(4-9-18(19)30-22(27)15-5-7-16(24)8-6-15)12-20-21(26)25(23(31)32-20)13-17-3-2-10-29-17/h2-12H,13H2,1H3. The van der Waals surface area contributed by atoms with Crippen LogP contribution in [-0.2, 0) is 11.3 Å². The van der Waals surface area contributed by atoms with E-state index in [1.165, 1.54) is 23.8 Å². The summed E-state index contributed by atoms with van der Waals surface area (Å²) in [6, 6.07) is 15.0. The number of nitrogens with zero attached hydrogens (tertiary/aromatic N) is 1. The summed E-state index contributed by atoms with van der Waals surface area (Å²) in [5.41, 5.74) is 1.06. The van der Waals surface area contributed by atoms with Crippen molar-refractivity contribution in [3.8, 4) is 11.5 Å². The van der Waals surface area contributed by atoms with Crippen molar-refractivity contribution in [2.75, 3.05) is 7.11 Å². The fourth-order valence-corrected chi connectivity index (χ4v) is 4.33. The molecular formula is C23H16ClNO5S2. The molecule has 32 heavy (non-hydrogen) atoms. The number of hydrogen-bond donors (Lipinski definition) is 0. The minimum Gasteiger partial charge on any atom is -0.493 e. The van der Waals surface area contributed by atoms with Crippen molar-refractivity contribution in [3.63, 3.8) is 0 Å². The van der Waals surface area contributed by atoms with Gasteiger partial charge in [0.15, 0.2) is 11.5 Å². The van der Waals surface area contributed by atoms with Crippen LogP contribution in [0.5, 0.6) is 11.5 Å². The van der Waals surface area contributed by atoms with E-state index in [4.69, 9.17) is 37.7 Å². The van der Waals surface area contributed by atoms with Gasteiger partial charge in [-0.05, 0) is 60.2 Å². The summed E-state index contributed by atoms with van der Waals surface area (Å²) in [5.74, 6) is 0.526. The lowest BCUT2D eigenvalue weighted by molar-refractivity contribution is -0.122. The number of methoxy groups -OCH3 is 1. The largest absolute Gasteiger partial charge is 0.493 e. The van der Waals surface area contributed by atoms with Gasteiger partial charge in [-0.15, -0.1) is 0 Å². The molecule has 0 unspecified atom stereocenters. The van der Waals surface area contributed by atoms with E-state index in [1.807, 2.05) is 0 Å². The first kappa shape index (κ1) is 22.1. The molecule has 6 nitrogen and oxygen atoms in total.